The fraction of sp³-hybridized carbons (Fsp3) is 0.545. The van der Waals surface area contributed by atoms with Crippen LogP contribution in [0.3, 0.4) is 0 Å². The molecule has 2 aliphatic heterocycles. The standard InChI is InChI=1S/C33H43N5O6/c1-19(2)28-30(41)35-21(4)31(42)38-17-5-6-26(37-38)29(40)34-20(3)25-10-9-23-8-7-22(18-27(23)36-25)11-14-33(32(43)44-28)15-12-24(39)13-16-33/h7-11,14,18-21,24,26,28,37,39H,5-6,12-13,15-17H2,1-4H3,(H,34,40)(H,35,41)/b14-11+/t20-,21+,24?,26+,28?,33?/m1/s1. The van der Waals surface area contributed by atoms with Gasteiger partial charge in [0.2, 0.25) is 5.91 Å². The van der Waals surface area contributed by atoms with Crippen molar-refractivity contribution in [3.63, 3.8) is 0 Å². The SMILES string of the molecule is CC(C)C1OC(=O)C2(/C=C/c3ccc4ccc(nc4c3)[C@@H](C)NC(=O)[C@@H]3CCCN(N3)C(=O)[C@H](C)NC1=O)CCC(O)CC2. The number of carbonyl (C=O) groups is 4. The molecule has 4 atom stereocenters. The zero-order chi connectivity index (χ0) is 31.6. The lowest BCUT2D eigenvalue weighted by atomic mass is 9.72. The predicted molar refractivity (Wildman–Crippen MR) is 164 cm³/mol. The van der Waals surface area contributed by atoms with E-state index in [4.69, 9.17) is 9.72 Å². The summed E-state index contributed by atoms with van der Waals surface area (Å²) in [7, 11) is 0. The van der Waals surface area contributed by atoms with Gasteiger partial charge in [0.1, 0.15) is 12.1 Å². The Morgan fingerprint density at radius 3 is 2.41 bits per heavy atom. The van der Waals surface area contributed by atoms with E-state index in [1.807, 2.05) is 49.4 Å². The van der Waals surface area contributed by atoms with Crippen molar-refractivity contribution in [1.82, 2.24) is 26.1 Å². The first-order valence-electron chi connectivity index (χ1n) is 15.6. The highest BCUT2D eigenvalue weighted by molar-refractivity contribution is 5.92. The fourth-order valence-electron chi connectivity index (χ4n) is 6.15. The number of hydrogen-bond acceptors (Lipinski definition) is 8. The minimum Gasteiger partial charge on any atom is -0.451 e. The van der Waals surface area contributed by atoms with Crippen LogP contribution >= 0.6 is 0 Å². The number of fused-ring (bicyclic) bond motifs is 4. The molecule has 1 unspecified atom stereocenters. The maximum Gasteiger partial charge on any atom is 0.316 e. The molecule has 4 N–H and O–H groups in total. The van der Waals surface area contributed by atoms with Gasteiger partial charge in [-0.15, -0.1) is 0 Å². The van der Waals surface area contributed by atoms with Crippen LogP contribution in [0, 0.1) is 11.3 Å². The largest absolute Gasteiger partial charge is 0.451 e. The van der Waals surface area contributed by atoms with Gasteiger partial charge >= 0.3 is 5.97 Å². The zero-order valence-electron chi connectivity index (χ0n) is 25.8. The number of rotatable bonds is 1. The Labute approximate surface area is 257 Å². The molecule has 3 heterocycles. The second-order valence-electron chi connectivity index (χ2n) is 12.8. The first kappa shape index (κ1) is 31.6. The second kappa shape index (κ2) is 13.0. The van der Waals surface area contributed by atoms with Crippen LogP contribution in [-0.2, 0) is 23.9 Å². The highest BCUT2D eigenvalue weighted by Crippen LogP contribution is 2.40. The molecule has 1 aliphatic carbocycles. The number of benzene rings is 1. The first-order valence-corrected chi connectivity index (χ1v) is 15.6. The molecule has 1 aromatic heterocycles. The van der Waals surface area contributed by atoms with Crippen LogP contribution in [0.1, 0.15) is 83.5 Å². The van der Waals surface area contributed by atoms with Crippen LogP contribution in [0.15, 0.2) is 36.4 Å². The summed E-state index contributed by atoms with van der Waals surface area (Å²) in [5.74, 6) is -2.09. The van der Waals surface area contributed by atoms with Gasteiger partial charge in [-0.2, -0.15) is 0 Å². The lowest BCUT2D eigenvalue weighted by molar-refractivity contribution is -0.168. The number of carbonyl (C=O) groups excluding carboxylic acids is 4. The summed E-state index contributed by atoms with van der Waals surface area (Å²) in [6, 6.07) is 7.74. The summed E-state index contributed by atoms with van der Waals surface area (Å²) in [6.07, 6.45) is 4.84. The molecule has 5 rings (SSSR count). The predicted octanol–water partition coefficient (Wildman–Crippen LogP) is 2.93. The molecule has 1 saturated carbocycles. The second-order valence-corrected chi connectivity index (χ2v) is 12.8. The van der Waals surface area contributed by atoms with Gasteiger partial charge in [0.15, 0.2) is 6.10 Å². The van der Waals surface area contributed by atoms with E-state index in [9.17, 15) is 24.3 Å². The van der Waals surface area contributed by atoms with Crippen LogP contribution in [-0.4, -0.2) is 69.6 Å². The number of hydrogen-bond donors (Lipinski definition) is 4. The molecule has 11 heteroatoms. The molecular formula is C33H43N5O6. The van der Waals surface area contributed by atoms with Crippen molar-refractivity contribution in [2.24, 2.45) is 11.3 Å². The maximum atomic E-state index is 13.9. The lowest BCUT2D eigenvalue weighted by Gasteiger charge is -2.36. The molecule has 2 aromatic rings. The molecule has 1 spiro atoms. The number of hydrazine groups is 1. The van der Waals surface area contributed by atoms with Gasteiger partial charge in [-0.25, -0.2) is 5.43 Å². The van der Waals surface area contributed by atoms with Gasteiger partial charge in [-0.05, 0) is 76.0 Å². The van der Waals surface area contributed by atoms with E-state index >= 15 is 0 Å². The Morgan fingerprint density at radius 2 is 1.68 bits per heavy atom. The Balaban J connectivity index is 1.53. The number of cyclic esters (lactones) is 1. The summed E-state index contributed by atoms with van der Waals surface area (Å²) < 4.78 is 5.93. The number of nitrogens with zero attached hydrogens (tertiary/aromatic N) is 2. The number of aliphatic hydroxyl groups is 1. The van der Waals surface area contributed by atoms with Crippen LogP contribution in [0.5, 0.6) is 0 Å². The van der Waals surface area contributed by atoms with E-state index in [1.54, 1.807) is 20.8 Å². The van der Waals surface area contributed by atoms with E-state index in [-0.39, 0.29) is 17.9 Å². The van der Waals surface area contributed by atoms with Crippen LogP contribution in [0.25, 0.3) is 17.0 Å². The Hall–Kier alpha value is -3.83. The molecule has 44 heavy (non-hydrogen) atoms. The van der Waals surface area contributed by atoms with Crippen molar-refractivity contribution < 1.29 is 29.0 Å². The van der Waals surface area contributed by atoms with Gasteiger partial charge in [0, 0.05) is 11.9 Å². The molecule has 11 nitrogen and oxygen atoms in total. The number of esters is 1. The summed E-state index contributed by atoms with van der Waals surface area (Å²) in [5.41, 5.74) is 4.27. The van der Waals surface area contributed by atoms with Crippen molar-refractivity contribution in [2.75, 3.05) is 6.54 Å². The summed E-state index contributed by atoms with van der Waals surface area (Å²) in [4.78, 5) is 58.7. The molecule has 3 aliphatic rings. The topological polar surface area (TPSA) is 150 Å². The van der Waals surface area contributed by atoms with E-state index < -0.39 is 47.5 Å². The van der Waals surface area contributed by atoms with Crippen molar-refractivity contribution in [3.8, 4) is 0 Å². The molecule has 3 amide bonds. The molecule has 2 fully saturated rings. The number of aromatic nitrogens is 1. The van der Waals surface area contributed by atoms with Crippen molar-refractivity contribution >= 4 is 40.7 Å². The number of nitrogens with one attached hydrogen (secondary N) is 3. The van der Waals surface area contributed by atoms with E-state index in [0.29, 0.717) is 50.8 Å². The summed E-state index contributed by atoms with van der Waals surface area (Å²) >= 11 is 0. The van der Waals surface area contributed by atoms with Gasteiger partial charge < -0.3 is 20.5 Å². The third-order valence-corrected chi connectivity index (χ3v) is 8.98. The van der Waals surface area contributed by atoms with E-state index in [1.165, 1.54) is 5.01 Å². The third-order valence-electron chi connectivity index (χ3n) is 8.98. The van der Waals surface area contributed by atoms with Crippen molar-refractivity contribution in [1.29, 1.82) is 0 Å². The van der Waals surface area contributed by atoms with Crippen LogP contribution in [0.4, 0.5) is 0 Å². The molecule has 1 aromatic carbocycles. The minimum atomic E-state index is -1.12. The fourth-order valence-corrected chi connectivity index (χ4v) is 6.15. The Kier molecular flexibility index (Phi) is 9.36. The summed E-state index contributed by atoms with van der Waals surface area (Å²) in [6.45, 7) is 7.39. The van der Waals surface area contributed by atoms with Gasteiger partial charge in [0.05, 0.1) is 28.8 Å². The molecular weight excluding hydrogens is 562 g/mol. The summed E-state index contributed by atoms with van der Waals surface area (Å²) in [5, 5.41) is 18.3. The average Bonchev–Trinajstić information content (AvgIpc) is 3.01. The molecule has 236 valence electrons. The van der Waals surface area contributed by atoms with Crippen LogP contribution < -0.4 is 16.1 Å². The zero-order valence-corrected chi connectivity index (χ0v) is 25.8. The number of ether oxygens (including phenoxy) is 1. The molecule has 1 saturated heterocycles. The number of pyridine rings is 1. The quantitative estimate of drug-likeness (QED) is 0.363. The number of amides is 3. The van der Waals surface area contributed by atoms with Gasteiger partial charge in [-0.1, -0.05) is 44.2 Å². The highest BCUT2D eigenvalue weighted by Gasteiger charge is 2.43. The van der Waals surface area contributed by atoms with Gasteiger partial charge in [0.25, 0.3) is 11.8 Å². The molecule has 0 radical (unpaired) electrons. The van der Waals surface area contributed by atoms with Crippen LogP contribution in [0.2, 0.25) is 0 Å². The maximum absolute atomic E-state index is 13.9. The first-order chi connectivity index (χ1) is 21.0. The Bertz CT molecular complexity index is 1450. The van der Waals surface area contributed by atoms with E-state index in [0.717, 1.165) is 16.5 Å². The Morgan fingerprint density at radius 1 is 0.977 bits per heavy atom. The normalized spacial score (nSPS) is 31.5. The van der Waals surface area contributed by atoms with E-state index in [2.05, 4.69) is 16.1 Å². The van der Waals surface area contributed by atoms with Crippen molar-refractivity contribution in [2.45, 2.75) is 96.6 Å². The highest BCUT2D eigenvalue weighted by atomic mass is 16.5. The van der Waals surface area contributed by atoms with Gasteiger partial charge in [-0.3, -0.25) is 29.2 Å². The average molecular weight is 606 g/mol. The van der Waals surface area contributed by atoms with Crippen molar-refractivity contribution in [3.05, 3.63) is 47.7 Å². The smallest absolute Gasteiger partial charge is 0.316 e. The molecule has 5 bridgehead atoms. The lowest BCUT2D eigenvalue weighted by Crippen LogP contribution is -2.61. The number of aliphatic hydroxyl groups excluding tert-OH is 1. The minimum absolute atomic E-state index is 0.245. The third kappa shape index (κ3) is 6.78. The monoisotopic (exact) mass is 605 g/mol.